The Balaban J connectivity index is 1.54. The summed E-state index contributed by atoms with van der Waals surface area (Å²) in [5.41, 5.74) is 1.76. The molecule has 6 nitrogen and oxygen atoms in total. The summed E-state index contributed by atoms with van der Waals surface area (Å²) in [5.74, 6) is -1.13. The minimum atomic E-state index is -0.893. The number of hydrogen-bond donors (Lipinski definition) is 1. The van der Waals surface area contributed by atoms with Crippen molar-refractivity contribution in [1.29, 1.82) is 0 Å². The van der Waals surface area contributed by atoms with Crippen molar-refractivity contribution in [2.24, 2.45) is 0 Å². The van der Waals surface area contributed by atoms with Crippen molar-refractivity contribution in [2.75, 3.05) is 0 Å². The first-order valence-corrected chi connectivity index (χ1v) is 18.8. The maximum Gasteiger partial charge on any atom is 0.328 e. The van der Waals surface area contributed by atoms with E-state index in [-0.39, 0.29) is 32.0 Å². The van der Waals surface area contributed by atoms with E-state index in [2.05, 4.69) is 12.2 Å². The van der Waals surface area contributed by atoms with Gasteiger partial charge in [-0.25, -0.2) is 4.79 Å². The average molecular weight is 650 g/mol. The minimum Gasteiger partial charge on any atom is -0.461 e. The molecule has 0 fully saturated rings. The Morgan fingerprint density at radius 1 is 0.532 bits per heavy atom. The van der Waals surface area contributed by atoms with Crippen molar-refractivity contribution < 1.29 is 23.9 Å². The SMILES string of the molecule is CCCCCCCCCCCCCCCCCCCCCC(=O)NC(CCC(=O)OCc1ccccc1)C(=O)OCc1ccccc1. The van der Waals surface area contributed by atoms with E-state index in [1.165, 1.54) is 103 Å². The summed E-state index contributed by atoms with van der Waals surface area (Å²) in [6, 6.07) is 18.0. The van der Waals surface area contributed by atoms with Crippen LogP contribution in [0.5, 0.6) is 0 Å². The summed E-state index contributed by atoms with van der Waals surface area (Å²) in [5, 5.41) is 2.82. The topological polar surface area (TPSA) is 81.7 Å². The van der Waals surface area contributed by atoms with Gasteiger partial charge in [0, 0.05) is 12.8 Å². The number of benzene rings is 2. The second-order valence-corrected chi connectivity index (χ2v) is 13.0. The van der Waals surface area contributed by atoms with Gasteiger partial charge in [-0.2, -0.15) is 0 Å². The van der Waals surface area contributed by atoms with Crippen LogP contribution in [0.4, 0.5) is 0 Å². The van der Waals surface area contributed by atoms with Crippen LogP contribution in [0, 0.1) is 0 Å². The van der Waals surface area contributed by atoms with Crippen molar-refractivity contribution in [1.82, 2.24) is 5.32 Å². The number of unbranched alkanes of at least 4 members (excludes halogenated alkanes) is 18. The molecular formula is C41H63NO5. The highest BCUT2D eigenvalue weighted by molar-refractivity contribution is 5.85. The van der Waals surface area contributed by atoms with E-state index in [4.69, 9.17) is 9.47 Å². The normalized spacial score (nSPS) is 11.6. The molecule has 0 heterocycles. The summed E-state index contributed by atoms with van der Waals surface area (Å²) in [6.45, 7) is 2.57. The summed E-state index contributed by atoms with van der Waals surface area (Å²) < 4.78 is 10.9. The van der Waals surface area contributed by atoms with Crippen LogP contribution >= 0.6 is 0 Å². The molecule has 1 unspecified atom stereocenters. The molecule has 0 bridgehead atoms. The fraction of sp³-hybridized carbons (Fsp3) is 0.634. The molecule has 2 aromatic rings. The van der Waals surface area contributed by atoms with E-state index >= 15 is 0 Å². The number of carbonyl (C=O) groups excluding carboxylic acids is 3. The van der Waals surface area contributed by atoms with Crippen molar-refractivity contribution in [3.05, 3.63) is 71.8 Å². The summed E-state index contributed by atoms with van der Waals surface area (Å²) in [7, 11) is 0. The predicted molar refractivity (Wildman–Crippen MR) is 192 cm³/mol. The minimum absolute atomic E-state index is 0.0114. The van der Waals surface area contributed by atoms with Crippen molar-refractivity contribution in [2.45, 2.75) is 167 Å². The quantitative estimate of drug-likeness (QED) is 0.0700. The van der Waals surface area contributed by atoms with Crippen LogP contribution in [0.2, 0.25) is 0 Å². The molecule has 0 aromatic heterocycles. The molecule has 0 saturated carbocycles. The van der Waals surface area contributed by atoms with Crippen LogP contribution in [0.25, 0.3) is 0 Å². The van der Waals surface area contributed by atoms with Crippen molar-refractivity contribution >= 4 is 17.8 Å². The van der Waals surface area contributed by atoms with Gasteiger partial charge in [0.25, 0.3) is 0 Å². The van der Waals surface area contributed by atoms with Crippen LogP contribution in [-0.2, 0) is 37.1 Å². The monoisotopic (exact) mass is 649 g/mol. The third-order valence-electron chi connectivity index (χ3n) is 8.73. The van der Waals surface area contributed by atoms with Gasteiger partial charge in [-0.05, 0) is 24.0 Å². The summed E-state index contributed by atoms with van der Waals surface area (Å²) in [6.07, 6.45) is 25.3. The molecule has 0 aliphatic carbocycles. The lowest BCUT2D eigenvalue weighted by Crippen LogP contribution is -2.42. The Kier molecular flexibility index (Phi) is 23.8. The number of hydrogen-bond acceptors (Lipinski definition) is 5. The number of nitrogens with one attached hydrogen (secondary N) is 1. The lowest BCUT2D eigenvalue weighted by atomic mass is 10.0. The second kappa shape index (κ2) is 27.9. The van der Waals surface area contributed by atoms with Gasteiger partial charge in [0.15, 0.2) is 0 Å². The summed E-state index contributed by atoms with van der Waals surface area (Å²) in [4.78, 5) is 38.0. The van der Waals surface area contributed by atoms with E-state index in [9.17, 15) is 14.4 Å². The molecule has 0 radical (unpaired) electrons. The zero-order chi connectivity index (χ0) is 33.6. The fourth-order valence-electron chi connectivity index (χ4n) is 5.78. The highest BCUT2D eigenvalue weighted by Crippen LogP contribution is 2.15. The fourth-order valence-corrected chi connectivity index (χ4v) is 5.78. The summed E-state index contributed by atoms with van der Waals surface area (Å²) >= 11 is 0. The van der Waals surface area contributed by atoms with E-state index in [0.717, 1.165) is 30.4 Å². The average Bonchev–Trinajstić information content (AvgIpc) is 3.10. The first-order valence-electron chi connectivity index (χ1n) is 18.8. The zero-order valence-corrected chi connectivity index (χ0v) is 29.4. The maximum absolute atomic E-state index is 12.9. The Bertz CT molecular complexity index is 1060. The first-order chi connectivity index (χ1) is 23.1. The third-order valence-corrected chi connectivity index (χ3v) is 8.73. The van der Waals surface area contributed by atoms with Gasteiger partial charge in [-0.3, -0.25) is 9.59 Å². The first kappa shape index (κ1) is 40.0. The van der Waals surface area contributed by atoms with E-state index in [0.29, 0.717) is 6.42 Å². The number of carbonyl (C=O) groups is 3. The lowest BCUT2D eigenvalue weighted by Gasteiger charge is -2.18. The molecular weight excluding hydrogens is 586 g/mol. The van der Waals surface area contributed by atoms with E-state index < -0.39 is 18.0 Å². The molecule has 1 atom stereocenters. The molecule has 0 saturated heterocycles. The van der Waals surface area contributed by atoms with Gasteiger partial charge in [0.1, 0.15) is 19.3 Å². The zero-order valence-electron chi connectivity index (χ0n) is 29.4. The van der Waals surface area contributed by atoms with E-state index in [1.54, 1.807) is 0 Å². The van der Waals surface area contributed by atoms with E-state index in [1.807, 2.05) is 60.7 Å². The predicted octanol–water partition coefficient (Wildman–Crippen LogP) is 10.6. The number of amides is 1. The van der Waals surface area contributed by atoms with Gasteiger partial charge >= 0.3 is 11.9 Å². The van der Waals surface area contributed by atoms with Crippen LogP contribution in [0.3, 0.4) is 0 Å². The standard InChI is InChI=1S/C41H63NO5/c1-2-3-4-5-6-7-8-9-10-11-12-13-14-15-16-17-18-19-26-31-39(43)42-38(41(45)47-35-37-29-24-21-25-30-37)32-33-40(44)46-34-36-27-22-20-23-28-36/h20-25,27-30,38H,2-19,26,31-35H2,1H3,(H,42,43). The van der Waals surface area contributed by atoms with Gasteiger partial charge in [0.2, 0.25) is 5.91 Å². The number of esters is 2. The Hall–Kier alpha value is -3.15. The van der Waals surface area contributed by atoms with Gasteiger partial charge < -0.3 is 14.8 Å². The molecule has 0 spiro atoms. The van der Waals surface area contributed by atoms with Crippen LogP contribution in [-0.4, -0.2) is 23.9 Å². The lowest BCUT2D eigenvalue weighted by molar-refractivity contribution is -0.150. The van der Waals surface area contributed by atoms with Crippen LogP contribution < -0.4 is 5.32 Å². The van der Waals surface area contributed by atoms with Crippen LogP contribution in [0.1, 0.15) is 159 Å². The van der Waals surface area contributed by atoms with Crippen molar-refractivity contribution in [3.8, 4) is 0 Å². The van der Waals surface area contributed by atoms with Gasteiger partial charge in [-0.1, -0.05) is 183 Å². The highest BCUT2D eigenvalue weighted by atomic mass is 16.5. The third kappa shape index (κ3) is 22.1. The highest BCUT2D eigenvalue weighted by Gasteiger charge is 2.23. The van der Waals surface area contributed by atoms with Crippen molar-refractivity contribution in [3.63, 3.8) is 0 Å². The largest absolute Gasteiger partial charge is 0.461 e. The molecule has 0 aliphatic rings. The molecule has 0 aliphatic heterocycles. The Morgan fingerprint density at radius 2 is 0.936 bits per heavy atom. The smallest absolute Gasteiger partial charge is 0.328 e. The molecule has 262 valence electrons. The Labute approximate surface area is 285 Å². The Morgan fingerprint density at radius 3 is 1.38 bits per heavy atom. The second-order valence-electron chi connectivity index (χ2n) is 13.0. The molecule has 47 heavy (non-hydrogen) atoms. The molecule has 1 N–H and O–H groups in total. The molecule has 2 rings (SSSR count). The molecule has 6 heteroatoms. The van der Waals surface area contributed by atoms with Gasteiger partial charge in [-0.15, -0.1) is 0 Å². The van der Waals surface area contributed by atoms with Gasteiger partial charge in [0.05, 0.1) is 0 Å². The maximum atomic E-state index is 12.9. The number of ether oxygens (including phenoxy) is 2. The number of rotatable bonds is 29. The molecule has 1 amide bonds. The van der Waals surface area contributed by atoms with Crippen LogP contribution in [0.15, 0.2) is 60.7 Å². The molecule has 2 aromatic carbocycles.